The molecule has 0 saturated carbocycles. The number of halogens is 2. The van der Waals surface area contributed by atoms with E-state index in [2.05, 4.69) is 0 Å². The number of carbonyl (C=O) groups is 1. The fourth-order valence-corrected chi connectivity index (χ4v) is 3.89. The Morgan fingerprint density at radius 2 is 2.09 bits per heavy atom. The van der Waals surface area contributed by atoms with Gasteiger partial charge in [-0.1, -0.05) is 29.3 Å². The first-order valence-electron chi connectivity index (χ1n) is 7.13. The van der Waals surface area contributed by atoms with Crippen LogP contribution in [-0.2, 0) is 0 Å². The van der Waals surface area contributed by atoms with Gasteiger partial charge in [0.2, 0.25) is 0 Å². The number of hydrogen-bond acceptors (Lipinski definition) is 3. The zero-order chi connectivity index (χ0) is 15.7. The van der Waals surface area contributed by atoms with Crippen LogP contribution in [0.5, 0.6) is 0 Å². The summed E-state index contributed by atoms with van der Waals surface area (Å²) in [6.07, 6.45) is 0.993. The predicted octanol–water partition coefficient (Wildman–Crippen LogP) is 4.14. The van der Waals surface area contributed by atoms with E-state index in [1.165, 1.54) is 11.3 Å². The van der Waals surface area contributed by atoms with Crippen molar-refractivity contribution in [1.82, 2.24) is 4.90 Å². The molecule has 3 rings (SSSR count). The highest BCUT2D eigenvalue weighted by molar-refractivity contribution is 7.17. The summed E-state index contributed by atoms with van der Waals surface area (Å²) in [6, 6.07) is 9.33. The first-order valence-corrected chi connectivity index (χ1v) is 8.70. The molecule has 22 heavy (non-hydrogen) atoms. The maximum absolute atomic E-state index is 12.5. The Labute approximate surface area is 143 Å². The molecule has 0 spiro atoms. The second kappa shape index (κ2) is 6.59. The van der Waals surface area contributed by atoms with Crippen LogP contribution in [-0.4, -0.2) is 30.4 Å². The molecule has 0 radical (unpaired) electrons. The number of nitrogens with two attached hydrogens (primary N) is 1. The molecule has 1 aliphatic rings. The van der Waals surface area contributed by atoms with Crippen LogP contribution in [0.4, 0.5) is 0 Å². The molecule has 1 saturated heterocycles. The maximum atomic E-state index is 12.5. The summed E-state index contributed by atoms with van der Waals surface area (Å²) in [5.74, 6) is 0.519. The van der Waals surface area contributed by atoms with E-state index in [1.54, 1.807) is 6.07 Å². The molecule has 1 aromatic heterocycles. The van der Waals surface area contributed by atoms with Gasteiger partial charge in [0.15, 0.2) is 0 Å². The van der Waals surface area contributed by atoms with Gasteiger partial charge in [-0.15, -0.1) is 11.3 Å². The van der Waals surface area contributed by atoms with Crippen LogP contribution in [0.25, 0.3) is 10.4 Å². The van der Waals surface area contributed by atoms with Crippen LogP contribution in [0.3, 0.4) is 0 Å². The second-order valence-corrected chi connectivity index (χ2v) is 7.33. The van der Waals surface area contributed by atoms with Crippen molar-refractivity contribution < 1.29 is 4.79 Å². The van der Waals surface area contributed by atoms with Crippen LogP contribution in [0.15, 0.2) is 30.3 Å². The van der Waals surface area contributed by atoms with Crippen molar-refractivity contribution in [2.45, 2.75) is 6.42 Å². The maximum Gasteiger partial charge on any atom is 0.263 e. The van der Waals surface area contributed by atoms with E-state index in [1.807, 2.05) is 29.2 Å². The molecule has 116 valence electrons. The van der Waals surface area contributed by atoms with Gasteiger partial charge in [-0.3, -0.25) is 4.79 Å². The van der Waals surface area contributed by atoms with Crippen molar-refractivity contribution in [2.75, 3.05) is 19.6 Å². The van der Waals surface area contributed by atoms with E-state index < -0.39 is 0 Å². The van der Waals surface area contributed by atoms with Crippen molar-refractivity contribution in [3.8, 4) is 10.4 Å². The molecule has 1 fully saturated rings. The minimum absolute atomic E-state index is 0.0901. The molecule has 2 aromatic rings. The number of rotatable bonds is 3. The van der Waals surface area contributed by atoms with Crippen molar-refractivity contribution in [3.05, 3.63) is 45.3 Å². The van der Waals surface area contributed by atoms with E-state index in [0.717, 1.165) is 34.8 Å². The van der Waals surface area contributed by atoms with E-state index >= 15 is 0 Å². The van der Waals surface area contributed by atoms with Crippen LogP contribution in [0.2, 0.25) is 10.0 Å². The molecule has 0 aliphatic carbocycles. The monoisotopic (exact) mass is 354 g/mol. The van der Waals surface area contributed by atoms with Crippen LogP contribution in [0.1, 0.15) is 16.1 Å². The van der Waals surface area contributed by atoms with Gasteiger partial charge < -0.3 is 10.6 Å². The largest absolute Gasteiger partial charge is 0.338 e. The normalized spacial score (nSPS) is 18.0. The first kappa shape index (κ1) is 15.8. The average Bonchev–Trinajstić information content (AvgIpc) is 3.18. The molecular weight excluding hydrogens is 339 g/mol. The molecule has 1 amide bonds. The van der Waals surface area contributed by atoms with Gasteiger partial charge >= 0.3 is 0 Å². The fourth-order valence-electron chi connectivity index (χ4n) is 2.62. The minimum atomic E-state index is 0.0901. The van der Waals surface area contributed by atoms with Crippen molar-refractivity contribution >= 4 is 40.4 Å². The summed E-state index contributed by atoms with van der Waals surface area (Å²) in [5, 5.41) is 1.05. The summed E-state index contributed by atoms with van der Waals surface area (Å²) >= 11 is 13.5. The number of benzene rings is 1. The first-order chi connectivity index (χ1) is 10.6. The summed E-state index contributed by atoms with van der Waals surface area (Å²) < 4.78 is 0. The third-order valence-electron chi connectivity index (χ3n) is 3.93. The molecule has 1 aromatic carbocycles. The lowest BCUT2D eigenvalue weighted by molar-refractivity contribution is 0.0792. The van der Waals surface area contributed by atoms with Gasteiger partial charge in [-0.2, -0.15) is 0 Å². The quantitative estimate of drug-likeness (QED) is 0.899. The SMILES string of the molecule is NCC1CCN(C(=O)c2ccc(-c3ccc(Cl)c(Cl)c3)s2)C1. The predicted molar refractivity (Wildman–Crippen MR) is 92.8 cm³/mol. The standard InChI is InChI=1S/C16H16Cl2N2OS/c17-12-2-1-11(7-13(12)18)14-3-4-15(22-14)16(21)20-6-5-10(8-19)9-20/h1-4,7,10H,5-6,8-9,19H2. The van der Waals surface area contributed by atoms with E-state index in [4.69, 9.17) is 28.9 Å². The number of likely N-dealkylation sites (tertiary alicyclic amines) is 1. The van der Waals surface area contributed by atoms with Gasteiger partial charge in [-0.05, 0) is 48.7 Å². The summed E-state index contributed by atoms with van der Waals surface area (Å²) in [4.78, 5) is 16.2. The molecule has 1 aliphatic heterocycles. The van der Waals surface area contributed by atoms with E-state index in [0.29, 0.717) is 22.5 Å². The zero-order valence-electron chi connectivity index (χ0n) is 11.9. The molecule has 2 N–H and O–H groups in total. The Hall–Kier alpha value is -1.07. The summed E-state index contributed by atoms with van der Waals surface area (Å²) in [7, 11) is 0. The molecular formula is C16H16Cl2N2OS. The Bertz CT molecular complexity index is 701. The number of carbonyl (C=O) groups excluding carboxylic acids is 1. The number of amides is 1. The van der Waals surface area contributed by atoms with E-state index in [-0.39, 0.29) is 5.91 Å². The second-order valence-electron chi connectivity index (χ2n) is 5.43. The lowest BCUT2D eigenvalue weighted by atomic mass is 10.1. The van der Waals surface area contributed by atoms with E-state index in [9.17, 15) is 4.79 Å². The third-order valence-corrected chi connectivity index (χ3v) is 5.79. The number of thiophene rings is 1. The molecule has 3 nitrogen and oxygen atoms in total. The smallest absolute Gasteiger partial charge is 0.263 e. The van der Waals surface area contributed by atoms with Gasteiger partial charge in [0.25, 0.3) is 5.91 Å². The number of nitrogens with zero attached hydrogens (tertiary/aromatic N) is 1. The Balaban J connectivity index is 1.78. The molecule has 1 atom stereocenters. The highest BCUT2D eigenvalue weighted by Crippen LogP contribution is 2.33. The zero-order valence-corrected chi connectivity index (χ0v) is 14.2. The Morgan fingerprint density at radius 3 is 2.77 bits per heavy atom. The topological polar surface area (TPSA) is 46.3 Å². The van der Waals surface area contributed by atoms with Gasteiger partial charge in [0.05, 0.1) is 14.9 Å². The fraction of sp³-hybridized carbons (Fsp3) is 0.312. The van der Waals surface area contributed by atoms with Crippen molar-refractivity contribution in [2.24, 2.45) is 11.7 Å². The molecule has 0 bridgehead atoms. The number of hydrogen-bond donors (Lipinski definition) is 1. The summed E-state index contributed by atoms with van der Waals surface area (Å²) in [6.45, 7) is 2.19. The highest BCUT2D eigenvalue weighted by Gasteiger charge is 2.26. The molecule has 2 heterocycles. The van der Waals surface area contributed by atoms with Gasteiger partial charge in [0, 0.05) is 18.0 Å². The van der Waals surface area contributed by atoms with Crippen LogP contribution in [0, 0.1) is 5.92 Å². The van der Waals surface area contributed by atoms with Crippen molar-refractivity contribution in [3.63, 3.8) is 0 Å². The Kier molecular flexibility index (Phi) is 4.73. The van der Waals surface area contributed by atoms with Crippen LogP contribution >= 0.6 is 34.5 Å². The lowest BCUT2D eigenvalue weighted by Crippen LogP contribution is -2.29. The average molecular weight is 355 g/mol. The minimum Gasteiger partial charge on any atom is -0.338 e. The Morgan fingerprint density at radius 1 is 1.27 bits per heavy atom. The van der Waals surface area contributed by atoms with Crippen LogP contribution < -0.4 is 5.73 Å². The lowest BCUT2D eigenvalue weighted by Gasteiger charge is -2.14. The highest BCUT2D eigenvalue weighted by atomic mass is 35.5. The third kappa shape index (κ3) is 3.15. The summed E-state index contributed by atoms with van der Waals surface area (Å²) in [5.41, 5.74) is 6.65. The van der Waals surface area contributed by atoms with Gasteiger partial charge in [0.1, 0.15) is 0 Å². The molecule has 6 heteroatoms. The molecule has 1 unspecified atom stereocenters. The van der Waals surface area contributed by atoms with Gasteiger partial charge in [-0.25, -0.2) is 0 Å². The van der Waals surface area contributed by atoms with Crippen molar-refractivity contribution in [1.29, 1.82) is 0 Å².